The number of aliphatic hydroxyl groups is 1. The van der Waals surface area contributed by atoms with Crippen LogP contribution in [0.25, 0.3) is 4.85 Å². The Hall–Kier alpha value is -2.26. The van der Waals surface area contributed by atoms with E-state index in [2.05, 4.69) is 39.5 Å². The van der Waals surface area contributed by atoms with E-state index in [1.54, 1.807) is 0 Å². The van der Waals surface area contributed by atoms with Gasteiger partial charge in [0, 0.05) is 23.4 Å². The first-order valence-corrected chi connectivity index (χ1v) is 14.7. The number of hydrogen-bond acceptors (Lipinski definition) is 5. The fourth-order valence-corrected chi connectivity index (χ4v) is 10.7. The summed E-state index contributed by atoms with van der Waals surface area (Å²) in [6, 6.07) is 0. The topological polar surface area (TPSA) is 85.0 Å². The molecule has 5 aliphatic carbocycles. The van der Waals surface area contributed by atoms with Crippen molar-refractivity contribution in [1.82, 2.24) is 0 Å². The highest BCUT2D eigenvalue weighted by atomic mass is 16.5. The Morgan fingerprint density at radius 1 is 1.08 bits per heavy atom. The summed E-state index contributed by atoms with van der Waals surface area (Å²) >= 11 is 0. The Bertz CT molecular complexity index is 1220. The van der Waals surface area contributed by atoms with Crippen LogP contribution >= 0.6 is 0 Å². The average Bonchev–Trinajstić information content (AvgIpc) is 2.86. The lowest BCUT2D eigenvalue weighted by Gasteiger charge is -2.68. The molecule has 6 nitrogen and oxygen atoms in total. The lowest BCUT2D eigenvalue weighted by molar-refractivity contribution is -0.172. The van der Waals surface area contributed by atoms with Crippen LogP contribution in [0.2, 0.25) is 0 Å². The number of ether oxygens (including phenoxy) is 1. The number of rotatable bonds is 3. The molecule has 5 rings (SSSR count). The number of hydrogen-bond donors (Lipinski definition) is 1. The van der Waals surface area contributed by atoms with Crippen molar-refractivity contribution in [2.75, 3.05) is 13.7 Å². The number of Topliss-reactive ketones (excluding diaryl/α,β-unsaturated/α-hetero) is 1. The molecule has 0 heterocycles. The zero-order valence-electron chi connectivity index (χ0n) is 24.7. The van der Waals surface area contributed by atoms with E-state index in [0.29, 0.717) is 6.42 Å². The van der Waals surface area contributed by atoms with E-state index in [1.165, 1.54) is 7.11 Å². The van der Waals surface area contributed by atoms with Gasteiger partial charge in [0.25, 0.3) is 0 Å². The van der Waals surface area contributed by atoms with E-state index >= 15 is 0 Å². The van der Waals surface area contributed by atoms with Crippen molar-refractivity contribution in [3.05, 3.63) is 34.8 Å². The SMILES string of the molecule is [C-]#[N+]C1=C[C@]2(C)C3=CC(=O)[C@@H]4[C@@H]5CC(C)(C)C[C@@H](C(=O)OC)C5CC[C@@]4(C)[C@]3(C)CC[C@H]2[C@](C)(CCO)C1=O. The fourth-order valence-electron chi connectivity index (χ4n) is 10.7. The second-order valence-corrected chi connectivity index (χ2v) is 15.0. The van der Waals surface area contributed by atoms with Gasteiger partial charge >= 0.3 is 5.97 Å². The molecule has 3 fully saturated rings. The van der Waals surface area contributed by atoms with E-state index in [-0.39, 0.29) is 75.7 Å². The second kappa shape index (κ2) is 8.87. The number of nitrogens with zero attached hydrogens (tertiary/aromatic N) is 1. The van der Waals surface area contributed by atoms with Gasteiger partial charge in [-0.15, -0.1) is 0 Å². The number of ketones is 2. The van der Waals surface area contributed by atoms with Gasteiger partial charge < -0.3 is 14.6 Å². The average molecular weight is 536 g/mol. The maximum absolute atomic E-state index is 14.4. The van der Waals surface area contributed by atoms with Crippen LogP contribution in [0, 0.1) is 63.2 Å². The molecule has 6 heteroatoms. The Kier molecular flexibility index (Phi) is 6.43. The van der Waals surface area contributed by atoms with Gasteiger partial charge in [0.15, 0.2) is 11.6 Å². The highest BCUT2D eigenvalue weighted by Crippen LogP contribution is 2.73. The van der Waals surface area contributed by atoms with E-state index in [9.17, 15) is 19.5 Å². The molecular weight excluding hydrogens is 490 g/mol. The monoisotopic (exact) mass is 535 g/mol. The first kappa shape index (κ1) is 28.3. The standard InChI is InChI=1S/C33H45NO5/c1-29(2)16-20-19(21(17-29)28(38)39-8)9-11-33(6)26(20)23(36)15-25-31(4)18-22(34-7)27(37)30(3,13-14-35)24(31)10-12-32(25,33)5/h15,18-21,24,26,35H,9-14,16-17H2,1-6,8H3/t19?,20-,21-,24+,26+,30+,31+,32-,33-/m1/s1. The van der Waals surface area contributed by atoms with Crippen LogP contribution in [0.3, 0.4) is 0 Å². The van der Waals surface area contributed by atoms with E-state index < -0.39 is 10.8 Å². The predicted molar refractivity (Wildman–Crippen MR) is 148 cm³/mol. The third-order valence-electron chi connectivity index (χ3n) is 12.6. The number of aliphatic hydroxyl groups excluding tert-OH is 1. The summed E-state index contributed by atoms with van der Waals surface area (Å²) in [5.41, 5.74) is -0.909. The van der Waals surface area contributed by atoms with Crippen LogP contribution in [0.1, 0.15) is 86.5 Å². The molecule has 0 aromatic rings. The van der Waals surface area contributed by atoms with Crippen molar-refractivity contribution in [2.24, 2.45) is 56.7 Å². The molecule has 39 heavy (non-hydrogen) atoms. The Labute approximate surface area is 233 Å². The lowest BCUT2D eigenvalue weighted by atomic mass is 9.35. The highest BCUT2D eigenvalue weighted by molar-refractivity contribution is 6.03. The van der Waals surface area contributed by atoms with Gasteiger partial charge in [-0.1, -0.05) is 53.2 Å². The summed E-state index contributed by atoms with van der Waals surface area (Å²) in [6.07, 6.45) is 9.18. The van der Waals surface area contributed by atoms with E-state index in [0.717, 1.165) is 44.1 Å². The summed E-state index contributed by atoms with van der Waals surface area (Å²) in [5.74, 6) is -0.360. The van der Waals surface area contributed by atoms with Crippen LogP contribution in [-0.4, -0.2) is 36.4 Å². The van der Waals surface area contributed by atoms with Crippen molar-refractivity contribution < 1.29 is 24.2 Å². The normalized spacial score (nSPS) is 46.4. The van der Waals surface area contributed by atoms with Gasteiger partial charge in [-0.25, -0.2) is 4.85 Å². The third-order valence-corrected chi connectivity index (χ3v) is 12.6. The smallest absolute Gasteiger partial charge is 0.308 e. The molecule has 1 N–H and O–H groups in total. The molecule has 9 atom stereocenters. The van der Waals surface area contributed by atoms with Crippen molar-refractivity contribution in [3.63, 3.8) is 0 Å². The van der Waals surface area contributed by atoms with Gasteiger partial charge in [0.2, 0.25) is 5.70 Å². The first-order valence-electron chi connectivity index (χ1n) is 14.7. The number of allylic oxidation sites excluding steroid dienone is 4. The lowest BCUT2D eigenvalue weighted by Crippen LogP contribution is -2.64. The summed E-state index contributed by atoms with van der Waals surface area (Å²) < 4.78 is 5.26. The van der Waals surface area contributed by atoms with Gasteiger partial charge in [-0.05, 0) is 85.0 Å². The van der Waals surface area contributed by atoms with E-state index in [1.807, 2.05) is 19.1 Å². The predicted octanol–water partition coefficient (Wildman–Crippen LogP) is 5.95. The number of esters is 1. The molecule has 0 aliphatic heterocycles. The van der Waals surface area contributed by atoms with Gasteiger partial charge in [-0.2, -0.15) is 0 Å². The van der Waals surface area contributed by atoms with Crippen LogP contribution in [0.5, 0.6) is 0 Å². The van der Waals surface area contributed by atoms with Gasteiger partial charge in [-0.3, -0.25) is 9.59 Å². The molecule has 3 saturated carbocycles. The first-order chi connectivity index (χ1) is 18.1. The summed E-state index contributed by atoms with van der Waals surface area (Å²) in [4.78, 5) is 44.4. The summed E-state index contributed by atoms with van der Waals surface area (Å²) in [7, 11) is 1.47. The molecule has 0 saturated heterocycles. The zero-order chi connectivity index (χ0) is 28.8. The highest BCUT2D eigenvalue weighted by Gasteiger charge is 2.69. The summed E-state index contributed by atoms with van der Waals surface area (Å²) in [5, 5.41) is 9.94. The fraction of sp³-hybridized carbons (Fsp3) is 0.758. The number of carbonyl (C=O) groups excluding carboxylic acids is 3. The molecule has 212 valence electrons. The molecule has 5 aliphatic rings. The Morgan fingerprint density at radius 3 is 2.38 bits per heavy atom. The number of methoxy groups -OCH3 is 1. The molecule has 0 aromatic heterocycles. The summed E-state index contributed by atoms with van der Waals surface area (Å²) in [6.45, 7) is 20.8. The van der Waals surface area contributed by atoms with Gasteiger partial charge in [0.05, 0.1) is 19.6 Å². The van der Waals surface area contributed by atoms with Crippen LogP contribution in [0.4, 0.5) is 0 Å². The quantitative estimate of drug-likeness (QED) is 0.357. The maximum atomic E-state index is 14.4. The van der Waals surface area contributed by atoms with E-state index in [4.69, 9.17) is 11.3 Å². The van der Waals surface area contributed by atoms with Crippen molar-refractivity contribution >= 4 is 17.5 Å². The Balaban J connectivity index is 1.66. The minimum atomic E-state index is -0.847. The number of fused-ring (bicyclic) bond motifs is 7. The molecule has 0 aromatic carbocycles. The minimum absolute atomic E-state index is 0.0593. The molecule has 0 amide bonds. The van der Waals surface area contributed by atoms with Crippen molar-refractivity contribution in [1.29, 1.82) is 0 Å². The zero-order valence-corrected chi connectivity index (χ0v) is 24.7. The van der Waals surface area contributed by atoms with Crippen molar-refractivity contribution in [3.8, 4) is 0 Å². The molecule has 1 unspecified atom stereocenters. The second-order valence-electron chi connectivity index (χ2n) is 15.0. The minimum Gasteiger partial charge on any atom is -0.469 e. The molecule has 0 radical (unpaired) electrons. The third kappa shape index (κ3) is 3.64. The van der Waals surface area contributed by atoms with Crippen LogP contribution in [-0.2, 0) is 19.1 Å². The maximum Gasteiger partial charge on any atom is 0.308 e. The van der Waals surface area contributed by atoms with Crippen LogP contribution < -0.4 is 0 Å². The number of carbonyl (C=O) groups is 3. The van der Waals surface area contributed by atoms with Gasteiger partial charge in [0.1, 0.15) is 0 Å². The molecule has 0 bridgehead atoms. The van der Waals surface area contributed by atoms with Crippen molar-refractivity contribution in [2.45, 2.75) is 86.5 Å². The Morgan fingerprint density at radius 2 is 1.77 bits per heavy atom. The molecular formula is C33H45NO5. The van der Waals surface area contributed by atoms with Crippen LogP contribution in [0.15, 0.2) is 23.4 Å². The largest absolute Gasteiger partial charge is 0.469 e. The molecule has 0 spiro atoms.